The summed E-state index contributed by atoms with van der Waals surface area (Å²) >= 11 is 0. The van der Waals surface area contributed by atoms with Gasteiger partial charge in [0, 0.05) is 30.2 Å². The van der Waals surface area contributed by atoms with Gasteiger partial charge in [0.05, 0.1) is 0 Å². The number of halogens is 1. The van der Waals surface area contributed by atoms with Crippen LogP contribution >= 0.6 is 0 Å². The van der Waals surface area contributed by atoms with Gasteiger partial charge < -0.3 is 5.32 Å². The van der Waals surface area contributed by atoms with Crippen molar-refractivity contribution < 1.29 is 4.39 Å². The average Bonchev–Trinajstić information content (AvgIpc) is 3.23. The van der Waals surface area contributed by atoms with Crippen LogP contribution in [-0.2, 0) is 0 Å². The molecule has 0 saturated heterocycles. The molecule has 2 unspecified atom stereocenters. The molecule has 1 aliphatic rings. The lowest BCUT2D eigenvalue weighted by Crippen LogP contribution is -2.41. The van der Waals surface area contributed by atoms with Crippen LogP contribution in [0.25, 0.3) is 0 Å². The molecule has 0 amide bonds. The summed E-state index contributed by atoms with van der Waals surface area (Å²) in [5.41, 5.74) is 0.787. The number of rotatable bonds is 7. The lowest BCUT2D eigenvalue weighted by molar-refractivity contribution is 0.172. The van der Waals surface area contributed by atoms with Gasteiger partial charge >= 0.3 is 0 Å². The second kappa shape index (κ2) is 6.49. The highest BCUT2D eigenvalue weighted by Crippen LogP contribution is 2.25. The summed E-state index contributed by atoms with van der Waals surface area (Å²) in [6, 6.07) is 8.37. The minimum absolute atomic E-state index is 0.104. The van der Waals surface area contributed by atoms with Gasteiger partial charge in [0.25, 0.3) is 0 Å². The van der Waals surface area contributed by atoms with Gasteiger partial charge in [0.15, 0.2) is 0 Å². The topological polar surface area (TPSA) is 15.3 Å². The SMILES string of the molecule is CCC(CNC1CC1)N(C)C(C)c1ccccc1F. The highest BCUT2D eigenvalue weighted by atomic mass is 19.1. The number of nitrogens with zero attached hydrogens (tertiary/aromatic N) is 1. The largest absolute Gasteiger partial charge is 0.312 e. The molecule has 3 heteroatoms. The number of nitrogens with one attached hydrogen (secondary N) is 1. The molecule has 0 bridgehead atoms. The molecule has 2 rings (SSSR count). The number of hydrogen-bond donors (Lipinski definition) is 1. The first-order valence-corrected chi connectivity index (χ1v) is 7.33. The van der Waals surface area contributed by atoms with Crippen LogP contribution < -0.4 is 5.32 Å². The fourth-order valence-electron chi connectivity index (χ4n) is 2.52. The van der Waals surface area contributed by atoms with Gasteiger partial charge in [-0.05, 0) is 39.3 Å². The van der Waals surface area contributed by atoms with Crippen LogP contribution in [0.4, 0.5) is 4.39 Å². The maximum absolute atomic E-state index is 13.8. The molecule has 1 aromatic rings. The first kappa shape index (κ1) is 14.5. The minimum atomic E-state index is -0.105. The lowest BCUT2D eigenvalue weighted by atomic mass is 10.0. The van der Waals surface area contributed by atoms with Crippen LogP contribution in [0, 0.1) is 5.82 Å². The highest BCUT2D eigenvalue weighted by molar-refractivity contribution is 5.20. The molecule has 1 aromatic carbocycles. The number of benzene rings is 1. The van der Waals surface area contributed by atoms with Crippen LogP contribution in [0.2, 0.25) is 0 Å². The van der Waals surface area contributed by atoms with E-state index in [9.17, 15) is 4.39 Å². The molecule has 19 heavy (non-hydrogen) atoms. The van der Waals surface area contributed by atoms with Gasteiger partial charge in [-0.3, -0.25) is 4.90 Å². The van der Waals surface area contributed by atoms with Crippen molar-refractivity contribution in [3.63, 3.8) is 0 Å². The van der Waals surface area contributed by atoms with Crippen molar-refractivity contribution in [1.29, 1.82) is 0 Å². The molecule has 2 nitrogen and oxygen atoms in total. The predicted molar refractivity (Wildman–Crippen MR) is 77.7 cm³/mol. The first-order chi connectivity index (χ1) is 9.13. The Labute approximate surface area is 116 Å². The summed E-state index contributed by atoms with van der Waals surface area (Å²) in [7, 11) is 2.10. The van der Waals surface area contributed by atoms with Crippen molar-refractivity contribution in [2.75, 3.05) is 13.6 Å². The van der Waals surface area contributed by atoms with Crippen LogP contribution in [0.15, 0.2) is 24.3 Å². The lowest BCUT2D eigenvalue weighted by Gasteiger charge is -2.33. The second-order valence-electron chi connectivity index (χ2n) is 5.61. The summed E-state index contributed by atoms with van der Waals surface area (Å²) in [6.07, 6.45) is 3.70. The van der Waals surface area contributed by atoms with Gasteiger partial charge in [-0.25, -0.2) is 4.39 Å². The Morgan fingerprint density at radius 2 is 2.05 bits per heavy atom. The second-order valence-corrected chi connectivity index (χ2v) is 5.61. The third-order valence-electron chi connectivity index (χ3n) is 4.23. The van der Waals surface area contributed by atoms with E-state index in [4.69, 9.17) is 0 Å². The van der Waals surface area contributed by atoms with Crippen molar-refractivity contribution in [2.24, 2.45) is 0 Å². The van der Waals surface area contributed by atoms with Crippen molar-refractivity contribution in [1.82, 2.24) is 10.2 Å². The zero-order valence-electron chi connectivity index (χ0n) is 12.2. The van der Waals surface area contributed by atoms with Crippen molar-refractivity contribution >= 4 is 0 Å². The van der Waals surface area contributed by atoms with E-state index in [1.165, 1.54) is 12.8 Å². The molecule has 1 N–H and O–H groups in total. The van der Waals surface area contributed by atoms with Crippen molar-refractivity contribution in [3.05, 3.63) is 35.6 Å². The molecule has 0 aliphatic heterocycles. The summed E-state index contributed by atoms with van der Waals surface area (Å²) in [5.74, 6) is -0.105. The monoisotopic (exact) mass is 264 g/mol. The van der Waals surface area contributed by atoms with Crippen molar-refractivity contribution in [2.45, 2.75) is 51.2 Å². The minimum Gasteiger partial charge on any atom is -0.312 e. The van der Waals surface area contributed by atoms with E-state index in [1.807, 2.05) is 12.1 Å². The Kier molecular flexibility index (Phi) is 4.94. The fraction of sp³-hybridized carbons (Fsp3) is 0.625. The molecule has 0 aromatic heterocycles. The Bertz CT molecular complexity index is 403. The molecule has 0 spiro atoms. The van der Waals surface area contributed by atoms with Crippen LogP contribution in [0.5, 0.6) is 0 Å². The molecular formula is C16H25FN2. The summed E-state index contributed by atoms with van der Waals surface area (Å²) < 4.78 is 13.8. The maximum atomic E-state index is 13.8. The van der Waals surface area contributed by atoms with E-state index in [-0.39, 0.29) is 11.9 Å². The highest BCUT2D eigenvalue weighted by Gasteiger charge is 2.25. The summed E-state index contributed by atoms with van der Waals surface area (Å²) in [6.45, 7) is 5.28. The summed E-state index contributed by atoms with van der Waals surface area (Å²) in [5, 5.41) is 3.57. The quantitative estimate of drug-likeness (QED) is 0.812. The van der Waals surface area contributed by atoms with E-state index in [1.54, 1.807) is 12.1 Å². The molecule has 0 heterocycles. The third-order valence-corrected chi connectivity index (χ3v) is 4.23. The molecule has 0 radical (unpaired) electrons. The zero-order chi connectivity index (χ0) is 13.8. The zero-order valence-corrected chi connectivity index (χ0v) is 12.2. The molecule has 2 atom stereocenters. The first-order valence-electron chi connectivity index (χ1n) is 7.33. The predicted octanol–water partition coefficient (Wildman–Crippen LogP) is 3.35. The Morgan fingerprint density at radius 3 is 2.63 bits per heavy atom. The van der Waals surface area contributed by atoms with Gasteiger partial charge in [-0.2, -0.15) is 0 Å². The Balaban J connectivity index is 1.99. The molecule has 1 aliphatic carbocycles. The number of hydrogen-bond acceptors (Lipinski definition) is 2. The van der Waals surface area contributed by atoms with Gasteiger partial charge in [0.1, 0.15) is 5.82 Å². The van der Waals surface area contributed by atoms with Gasteiger partial charge in [0.2, 0.25) is 0 Å². The fourth-order valence-corrected chi connectivity index (χ4v) is 2.52. The van der Waals surface area contributed by atoms with E-state index >= 15 is 0 Å². The van der Waals surface area contributed by atoms with Crippen LogP contribution in [-0.4, -0.2) is 30.6 Å². The molecule has 1 saturated carbocycles. The normalized spacial score (nSPS) is 18.6. The molecule has 106 valence electrons. The van der Waals surface area contributed by atoms with Crippen LogP contribution in [0.1, 0.15) is 44.7 Å². The Hall–Kier alpha value is -0.930. The van der Waals surface area contributed by atoms with E-state index < -0.39 is 0 Å². The van der Waals surface area contributed by atoms with E-state index in [0.29, 0.717) is 6.04 Å². The molecule has 1 fully saturated rings. The van der Waals surface area contributed by atoms with E-state index in [2.05, 4.69) is 31.1 Å². The van der Waals surface area contributed by atoms with Crippen LogP contribution in [0.3, 0.4) is 0 Å². The Morgan fingerprint density at radius 1 is 1.37 bits per heavy atom. The molecular weight excluding hydrogens is 239 g/mol. The smallest absolute Gasteiger partial charge is 0.127 e. The van der Waals surface area contributed by atoms with Gasteiger partial charge in [-0.15, -0.1) is 0 Å². The van der Waals surface area contributed by atoms with Gasteiger partial charge in [-0.1, -0.05) is 25.1 Å². The van der Waals surface area contributed by atoms with Crippen molar-refractivity contribution in [3.8, 4) is 0 Å². The maximum Gasteiger partial charge on any atom is 0.127 e. The standard InChI is InChI=1S/C16H25FN2/c1-4-14(11-18-13-9-10-13)19(3)12(2)15-7-5-6-8-16(15)17/h5-8,12-14,18H,4,9-11H2,1-3H3. The number of likely N-dealkylation sites (N-methyl/N-ethyl adjacent to an activating group) is 1. The average molecular weight is 264 g/mol. The summed E-state index contributed by atoms with van der Waals surface area (Å²) in [4.78, 5) is 2.29. The van der Waals surface area contributed by atoms with E-state index in [0.717, 1.165) is 24.6 Å². The third kappa shape index (κ3) is 3.77.